The van der Waals surface area contributed by atoms with Gasteiger partial charge >= 0.3 is 5.97 Å². The van der Waals surface area contributed by atoms with E-state index < -0.39 is 0 Å². The summed E-state index contributed by atoms with van der Waals surface area (Å²) in [6.45, 7) is 0. The Labute approximate surface area is 143 Å². The van der Waals surface area contributed by atoms with Crippen molar-refractivity contribution in [3.05, 3.63) is 83.9 Å². The first-order chi connectivity index (χ1) is 11.7. The average molecular weight is 319 g/mol. The molecule has 0 aliphatic rings. The van der Waals surface area contributed by atoms with Crippen LogP contribution in [0.1, 0.15) is 30.4 Å². The molecule has 0 fully saturated rings. The minimum absolute atomic E-state index is 0.344. The number of hydrogen-bond donors (Lipinski definition) is 0. The summed E-state index contributed by atoms with van der Waals surface area (Å²) in [6.07, 6.45) is 5.03. The number of allylic oxidation sites excluding steroid dienone is 1. The molecule has 2 aromatic rings. The predicted molar refractivity (Wildman–Crippen MR) is 94.3 cm³/mol. The molecule has 0 saturated carbocycles. The first kappa shape index (κ1) is 17.5. The fourth-order valence-corrected chi connectivity index (χ4v) is 3.00. The molecule has 0 aromatic heterocycles. The molecular weight excluding hydrogens is 298 g/mol. The topological polar surface area (TPSA) is 50.1 Å². The van der Waals surface area contributed by atoms with Gasteiger partial charge in [-0.15, -0.1) is 0 Å². The molecule has 0 heterocycles. The van der Waals surface area contributed by atoms with Crippen LogP contribution in [0.3, 0.4) is 0 Å². The van der Waals surface area contributed by atoms with Crippen LogP contribution >= 0.6 is 0 Å². The van der Waals surface area contributed by atoms with Crippen molar-refractivity contribution >= 4 is 5.97 Å². The van der Waals surface area contributed by atoms with E-state index in [9.17, 15) is 4.79 Å². The molecule has 122 valence electrons. The molecule has 0 spiro atoms. The van der Waals surface area contributed by atoms with Gasteiger partial charge in [0.2, 0.25) is 0 Å². The first-order valence-electron chi connectivity index (χ1n) is 7.95. The standard InChI is InChI=1S/C21H21NO2/c1-24-20(23)14-8-15-21(16-9-17-22,18-10-4-2-5-11-18)19-12-6-3-7-13-19/h2-8,10-14H,9,15-16H2,1H3. The summed E-state index contributed by atoms with van der Waals surface area (Å²) < 4.78 is 4.68. The summed E-state index contributed by atoms with van der Waals surface area (Å²) in [6, 6.07) is 22.5. The Kier molecular flexibility index (Phi) is 6.33. The van der Waals surface area contributed by atoms with Crippen LogP contribution in [-0.2, 0) is 14.9 Å². The van der Waals surface area contributed by atoms with Crippen molar-refractivity contribution in [1.82, 2.24) is 0 Å². The Hall–Kier alpha value is -2.86. The van der Waals surface area contributed by atoms with Crippen LogP contribution < -0.4 is 0 Å². The molecule has 0 radical (unpaired) electrons. The highest BCUT2D eigenvalue weighted by Crippen LogP contribution is 2.40. The molecule has 0 saturated heterocycles. The maximum absolute atomic E-state index is 11.4. The van der Waals surface area contributed by atoms with Gasteiger partial charge in [0.15, 0.2) is 0 Å². The molecule has 2 aromatic carbocycles. The van der Waals surface area contributed by atoms with E-state index in [1.54, 1.807) is 0 Å². The number of rotatable bonds is 7. The molecule has 0 N–H and O–H groups in total. The summed E-state index contributed by atoms with van der Waals surface area (Å²) in [4.78, 5) is 11.4. The van der Waals surface area contributed by atoms with Gasteiger partial charge in [0.05, 0.1) is 13.2 Å². The van der Waals surface area contributed by atoms with Gasteiger partial charge in [0.1, 0.15) is 0 Å². The highest BCUT2D eigenvalue weighted by molar-refractivity contribution is 5.81. The summed E-state index contributed by atoms with van der Waals surface area (Å²) in [5.41, 5.74) is 1.94. The van der Waals surface area contributed by atoms with Crippen LogP contribution in [0.15, 0.2) is 72.8 Å². The Bertz CT molecular complexity index is 675. The lowest BCUT2D eigenvalue weighted by atomic mass is 9.69. The lowest BCUT2D eigenvalue weighted by Gasteiger charge is -2.34. The second-order valence-corrected chi connectivity index (χ2v) is 5.60. The van der Waals surface area contributed by atoms with Gasteiger partial charge in [0.25, 0.3) is 0 Å². The number of carbonyl (C=O) groups excluding carboxylic acids is 1. The maximum atomic E-state index is 11.4. The van der Waals surface area contributed by atoms with Gasteiger partial charge in [-0.2, -0.15) is 5.26 Å². The Morgan fingerprint density at radius 1 is 1.08 bits per heavy atom. The first-order valence-corrected chi connectivity index (χ1v) is 7.95. The lowest BCUT2D eigenvalue weighted by molar-refractivity contribution is -0.134. The Morgan fingerprint density at radius 2 is 1.62 bits per heavy atom. The largest absolute Gasteiger partial charge is 0.466 e. The SMILES string of the molecule is COC(=O)C=CCC(CCC#N)(c1ccccc1)c1ccccc1. The van der Waals surface area contributed by atoms with Crippen LogP contribution in [0.5, 0.6) is 0 Å². The zero-order valence-corrected chi connectivity index (χ0v) is 13.8. The van der Waals surface area contributed by atoms with E-state index in [4.69, 9.17) is 5.26 Å². The predicted octanol–water partition coefficient (Wildman–Crippen LogP) is 4.40. The fourth-order valence-electron chi connectivity index (χ4n) is 3.00. The zero-order chi connectivity index (χ0) is 17.3. The molecule has 2 rings (SSSR count). The number of nitriles is 1. The summed E-state index contributed by atoms with van der Waals surface area (Å²) in [5, 5.41) is 9.13. The van der Waals surface area contributed by atoms with Crippen molar-refractivity contribution < 1.29 is 9.53 Å². The molecule has 0 unspecified atom stereocenters. The van der Waals surface area contributed by atoms with Crippen molar-refractivity contribution in [3.8, 4) is 6.07 Å². The van der Waals surface area contributed by atoms with Crippen molar-refractivity contribution in [2.75, 3.05) is 7.11 Å². The number of ether oxygens (including phenoxy) is 1. The van der Waals surface area contributed by atoms with Gasteiger partial charge in [0, 0.05) is 17.9 Å². The van der Waals surface area contributed by atoms with Crippen LogP contribution in [0.2, 0.25) is 0 Å². The number of methoxy groups -OCH3 is 1. The van der Waals surface area contributed by atoms with Crippen LogP contribution in [0.4, 0.5) is 0 Å². The second kappa shape index (κ2) is 8.69. The maximum Gasteiger partial charge on any atom is 0.330 e. The van der Waals surface area contributed by atoms with Crippen molar-refractivity contribution in [1.29, 1.82) is 5.26 Å². The Balaban J connectivity index is 2.50. The normalized spacial score (nSPS) is 11.2. The van der Waals surface area contributed by atoms with Crippen LogP contribution in [0.25, 0.3) is 0 Å². The molecule has 0 aliphatic carbocycles. The van der Waals surface area contributed by atoms with E-state index in [0.717, 1.165) is 11.1 Å². The van der Waals surface area contributed by atoms with E-state index in [2.05, 4.69) is 35.1 Å². The van der Waals surface area contributed by atoms with Gasteiger partial charge in [-0.05, 0) is 24.0 Å². The lowest BCUT2D eigenvalue weighted by Crippen LogP contribution is -2.27. The van der Waals surface area contributed by atoms with Gasteiger partial charge in [-0.25, -0.2) is 4.79 Å². The van der Waals surface area contributed by atoms with E-state index in [0.29, 0.717) is 19.3 Å². The molecule has 3 heteroatoms. The third-order valence-electron chi connectivity index (χ3n) is 4.24. The molecular formula is C21H21NO2. The zero-order valence-electron chi connectivity index (χ0n) is 13.8. The monoisotopic (exact) mass is 319 g/mol. The van der Waals surface area contributed by atoms with Crippen molar-refractivity contribution in [2.24, 2.45) is 0 Å². The minimum Gasteiger partial charge on any atom is -0.466 e. The Morgan fingerprint density at radius 3 is 2.08 bits per heavy atom. The quantitative estimate of drug-likeness (QED) is 0.561. The third kappa shape index (κ3) is 4.11. The highest BCUT2D eigenvalue weighted by Gasteiger charge is 2.32. The minimum atomic E-state index is -0.370. The van der Waals surface area contributed by atoms with Crippen molar-refractivity contribution in [3.63, 3.8) is 0 Å². The van der Waals surface area contributed by atoms with Gasteiger partial charge in [-0.1, -0.05) is 66.7 Å². The number of hydrogen-bond acceptors (Lipinski definition) is 3. The van der Waals surface area contributed by atoms with Gasteiger partial charge in [-0.3, -0.25) is 0 Å². The summed E-state index contributed by atoms with van der Waals surface area (Å²) in [7, 11) is 1.37. The number of benzene rings is 2. The third-order valence-corrected chi connectivity index (χ3v) is 4.24. The average Bonchev–Trinajstić information content (AvgIpc) is 2.66. The fraction of sp³-hybridized carbons (Fsp3) is 0.238. The number of esters is 1. The second-order valence-electron chi connectivity index (χ2n) is 5.60. The number of carbonyl (C=O) groups is 1. The van der Waals surface area contributed by atoms with E-state index >= 15 is 0 Å². The molecule has 3 nitrogen and oxygen atoms in total. The van der Waals surface area contributed by atoms with Crippen LogP contribution in [0, 0.1) is 11.3 Å². The molecule has 0 aliphatic heterocycles. The summed E-state index contributed by atoms with van der Waals surface area (Å²) >= 11 is 0. The van der Waals surface area contributed by atoms with Crippen LogP contribution in [-0.4, -0.2) is 13.1 Å². The highest BCUT2D eigenvalue weighted by atomic mass is 16.5. The molecule has 0 atom stereocenters. The molecule has 0 amide bonds. The molecule has 24 heavy (non-hydrogen) atoms. The van der Waals surface area contributed by atoms with E-state index in [1.165, 1.54) is 13.2 Å². The number of nitrogens with zero attached hydrogens (tertiary/aromatic N) is 1. The van der Waals surface area contributed by atoms with Crippen molar-refractivity contribution in [2.45, 2.75) is 24.7 Å². The van der Waals surface area contributed by atoms with E-state index in [-0.39, 0.29) is 11.4 Å². The van der Waals surface area contributed by atoms with E-state index in [1.807, 2.05) is 42.5 Å². The smallest absolute Gasteiger partial charge is 0.330 e. The molecule has 0 bridgehead atoms. The summed E-state index contributed by atoms with van der Waals surface area (Å²) in [5.74, 6) is -0.370. The van der Waals surface area contributed by atoms with Gasteiger partial charge < -0.3 is 4.74 Å².